The zero-order chi connectivity index (χ0) is 18.4. The molecular weight excluding hydrogens is 344 g/mol. The Hall–Kier alpha value is -2.86. The summed E-state index contributed by atoms with van der Waals surface area (Å²) in [6, 6.07) is 11.9. The quantitative estimate of drug-likeness (QED) is 0.738. The smallest absolute Gasteiger partial charge is 0.326 e. The van der Waals surface area contributed by atoms with Crippen molar-refractivity contribution in [1.29, 1.82) is 0 Å². The molecule has 7 heteroatoms. The van der Waals surface area contributed by atoms with Gasteiger partial charge in [0.2, 0.25) is 5.91 Å². The summed E-state index contributed by atoms with van der Waals surface area (Å²) in [5.41, 5.74) is 1.56. The van der Waals surface area contributed by atoms with Gasteiger partial charge in [0.15, 0.2) is 0 Å². The second-order valence-electron chi connectivity index (χ2n) is 5.46. The molecule has 0 aromatic heterocycles. The molecule has 0 saturated carbocycles. The lowest BCUT2D eigenvalue weighted by Gasteiger charge is -2.15. The van der Waals surface area contributed by atoms with Crippen molar-refractivity contribution in [3.8, 4) is 0 Å². The number of hydrogen-bond acceptors (Lipinski definition) is 3. The lowest BCUT2D eigenvalue weighted by atomic mass is 10.1. The van der Waals surface area contributed by atoms with Gasteiger partial charge in [0, 0.05) is 29.6 Å². The highest BCUT2D eigenvalue weighted by atomic mass is 35.5. The molecule has 3 N–H and O–H groups in total. The molecule has 2 amide bonds. The van der Waals surface area contributed by atoms with Gasteiger partial charge in [-0.25, -0.2) is 4.79 Å². The molecule has 0 heterocycles. The predicted octanol–water partition coefficient (Wildman–Crippen LogP) is 2.72. The van der Waals surface area contributed by atoms with Crippen LogP contribution in [0.1, 0.15) is 22.8 Å². The largest absolute Gasteiger partial charge is 0.480 e. The van der Waals surface area contributed by atoms with Gasteiger partial charge in [-0.05, 0) is 42.0 Å². The van der Waals surface area contributed by atoms with Gasteiger partial charge in [0.25, 0.3) is 5.91 Å². The minimum atomic E-state index is -1.14. The molecule has 1 atom stereocenters. The van der Waals surface area contributed by atoms with E-state index in [1.165, 1.54) is 19.1 Å². The summed E-state index contributed by atoms with van der Waals surface area (Å²) in [5.74, 6) is -1.86. The van der Waals surface area contributed by atoms with Gasteiger partial charge in [0.1, 0.15) is 6.04 Å². The molecule has 0 spiro atoms. The standard InChI is InChI=1S/C18H17ClN2O4/c1-11(22)20-15-7-5-13(6-8-15)17(23)21-16(18(24)25)10-12-3-2-4-14(19)9-12/h2-9,16H,10H2,1H3,(H,20,22)(H,21,23)(H,24,25)/t16-/m0/s1. The number of carbonyl (C=O) groups is 3. The van der Waals surface area contributed by atoms with Gasteiger partial charge in [0.05, 0.1) is 0 Å². The highest BCUT2D eigenvalue weighted by Gasteiger charge is 2.21. The van der Waals surface area contributed by atoms with Gasteiger partial charge in [-0.15, -0.1) is 0 Å². The van der Waals surface area contributed by atoms with Crippen LogP contribution < -0.4 is 10.6 Å². The zero-order valence-electron chi connectivity index (χ0n) is 13.5. The van der Waals surface area contributed by atoms with E-state index in [-0.39, 0.29) is 12.3 Å². The van der Waals surface area contributed by atoms with Crippen LogP contribution >= 0.6 is 11.6 Å². The number of hydrogen-bond donors (Lipinski definition) is 3. The summed E-state index contributed by atoms with van der Waals surface area (Å²) in [5, 5.41) is 14.9. The Morgan fingerprint density at radius 2 is 1.80 bits per heavy atom. The number of halogens is 1. The molecule has 2 rings (SSSR count). The van der Waals surface area contributed by atoms with Crippen LogP contribution in [-0.4, -0.2) is 28.9 Å². The molecular formula is C18H17ClN2O4. The van der Waals surface area contributed by atoms with E-state index in [1.54, 1.807) is 36.4 Å². The summed E-state index contributed by atoms with van der Waals surface area (Å²) >= 11 is 5.90. The van der Waals surface area contributed by atoms with Crippen LogP contribution in [-0.2, 0) is 16.0 Å². The number of benzene rings is 2. The van der Waals surface area contributed by atoms with E-state index in [1.807, 2.05) is 0 Å². The Bertz CT molecular complexity index is 790. The van der Waals surface area contributed by atoms with Crippen LogP contribution in [0.5, 0.6) is 0 Å². The highest BCUT2D eigenvalue weighted by molar-refractivity contribution is 6.30. The molecule has 0 aliphatic heterocycles. The first-order valence-corrected chi connectivity index (χ1v) is 7.88. The molecule has 0 bridgehead atoms. The van der Waals surface area contributed by atoms with Crippen LogP contribution in [0.15, 0.2) is 48.5 Å². The maximum atomic E-state index is 12.3. The van der Waals surface area contributed by atoms with Crippen molar-refractivity contribution in [3.63, 3.8) is 0 Å². The highest BCUT2D eigenvalue weighted by Crippen LogP contribution is 2.13. The number of carboxylic acid groups (broad SMARTS) is 1. The van der Waals surface area contributed by atoms with E-state index in [0.29, 0.717) is 21.8 Å². The second-order valence-corrected chi connectivity index (χ2v) is 5.89. The number of aliphatic carboxylic acids is 1. The van der Waals surface area contributed by atoms with Gasteiger partial charge in [-0.1, -0.05) is 23.7 Å². The van der Waals surface area contributed by atoms with E-state index in [2.05, 4.69) is 10.6 Å². The minimum Gasteiger partial charge on any atom is -0.480 e. The van der Waals surface area contributed by atoms with Gasteiger partial charge in [-0.3, -0.25) is 9.59 Å². The topological polar surface area (TPSA) is 95.5 Å². The summed E-state index contributed by atoms with van der Waals surface area (Å²) in [6.07, 6.45) is 0.117. The van der Waals surface area contributed by atoms with Crippen LogP contribution in [0, 0.1) is 0 Å². The average molecular weight is 361 g/mol. The molecule has 25 heavy (non-hydrogen) atoms. The molecule has 0 radical (unpaired) electrons. The van der Waals surface area contributed by atoms with Crippen LogP contribution in [0.4, 0.5) is 5.69 Å². The van der Waals surface area contributed by atoms with Crippen molar-refractivity contribution >= 4 is 35.1 Å². The molecule has 130 valence electrons. The predicted molar refractivity (Wildman–Crippen MR) is 94.8 cm³/mol. The van der Waals surface area contributed by atoms with E-state index < -0.39 is 17.9 Å². The van der Waals surface area contributed by atoms with Gasteiger partial charge in [-0.2, -0.15) is 0 Å². The second kappa shape index (κ2) is 8.30. The van der Waals surface area contributed by atoms with E-state index >= 15 is 0 Å². The SMILES string of the molecule is CC(=O)Nc1ccc(C(=O)N[C@@H](Cc2cccc(Cl)c2)C(=O)O)cc1. The first-order chi connectivity index (χ1) is 11.8. The van der Waals surface area contributed by atoms with Gasteiger partial charge >= 0.3 is 5.97 Å². The van der Waals surface area contributed by atoms with Crippen molar-refractivity contribution in [2.24, 2.45) is 0 Å². The monoisotopic (exact) mass is 360 g/mol. The maximum Gasteiger partial charge on any atom is 0.326 e. The van der Waals surface area contributed by atoms with E-state index in [4.69, 9.17) is 11.6 Å². The number of carbonyl (C=O) groups excluding carboxylic acids is 2. The van der Waals surface area contributed by atoms with Crippen LogP contribution in [0.2, 0.25) is 5.02 Å². The Kier molecular flexibility index (Phi) is 6.14. The molecule has 0 fully saturated rings. The van der Waals surface area contributed by atoms with Crippen molar-refractivity contribution in [2.75, 3.05) is 5.32 Å². The Balaban J connectivity index is 2.07. The molecule has 2 aromatic carbocycles. The lowest BCUT2D eigenvalue weighted by molar-refractivity contribution is -0.139. The maximum absolute atomic E-state index is 12.3. The van der Waals surface area contributed by atoms with Crippen LogP contribution in [0.3, 0.4) is 0 Å². The third-order valence-electron chi connectivity index (χ3n) is 3.40. The Morgan fingerprint density at radius 1 is 1.12 bits per heavy atom. The number of amides is 2. The zero-order valence-corrected chi connectivity index (χ0v) is 14.2. The fourth-order valence-electron chi connectivity index (χ4n) is 2.25. The van der Waals surface area contributed by atoms with E-state index in [0.717, 1.165) is 0 Å². The molecule has 0 saturated heterocycles. The molecule has 6 nitrogen and oxygen atoms in total. The number of rotatable bonds is 6. The summed E-state index contributed by atoms with van der Waals surface area (Å²) in [7, 11) is 0. The third kappa shape index (κ3) is 5.61. The van der Waals surface area contributed by atoms with Crippen molar-refractivity contribution < 1.29 is 19.5 Å². The van der Waals surface area contributed by atoms with Crippen molar-refractivity contribution in [1.82, 2.24) is 5.32 Å². The number of nitrogens with one attached hydrogen (secondary N) is 2. The van der Waals surface area contributed by atoms with Gasteiger partial charge < -0.3 is 15.7 Å². The van der Waals surface area contributed by atoms with E-state index in [9.17, 15) is 19.5 Å². The molecule has 0 aliphatic carbocycles. The molecule has 0 unspecified atom stereocenters. The van der Waals surface area contributed by atoms with Crippen LogP contribution in [0.25, 0.3) is 0 Å². The minimum absolute atomic E-state index is 0.117. The third-order valence-corrected chi connectivity index (χ3v) is 3.63. The fraction of sp³-hybridized carbons (Fsp3) is 0.167. The Morgan fingerprint density at radius 3 is 2.36 bits per heavy atom. The summed E-state index contributed by atoms with van der Waals surface area (Å²) < 4.78 is 0. The first kappa shape index (κ1) is 18.5. The summed E-state index contributed by atoms with van der Waals surface area (Å²) in [6.45, 7) is 1.38. The Labute approximate surface area is 149 Å². The fourth-order valence-corrected chi connectivity index (χ4v) is 2.46. The summed E-state index contributed by atoms with van der Waals surface area (Å²) in [4.78, 5) is 34.7. The molecule has 2 aromatic rings. The van der Waals surface area contributed by atoms with Crippen molar-refractivity contribution in [2.45, 2.75) is 19.4 Å². The molecule has 0 aliphatic rings. The van der Waals surface area contributed by atoms with Crippen molar-refractivity contribution in [3.05, 3.63) is 64.7 Å². The number of carboxylic acids is 1. The lowest BCUT2D eigenvalue weighted by Crippen LogP contribution is -2.42. The first-order valence-electron chi connectivity index (χ1n) is 7.51. The average Bonchev–Trinajstić information content (AvgIpc) is 2.54. The number of anilines is 1. The normalized spacial score (nSPS) is 11.4.